The van der Waals surface area contributed by atoms with E-state index in [4.69, 9.17) is 9.15 Å². The van der Waals surface area contributed by atoms with Crippen LogP contribution >= 0.6 is 0 Å². The summed E-state index contributed by atoms with van der Waals surface area (Å²) in [6.07, 6.45) is 8.28. The molecule has 0 amide bonds. The first-order valence-corrected chi connectivity index (χ1v) is 7.01. The van der Waals surface area contributed by atoms with Crippen molar-refractivity contribution >= 4 is 5.97 Å². The van der Waals surface area contributed by atoms with Gasteiger partial charge in [0.25, 0.3) is 0 Å². The van der Waals surface area contributed by atoms with Gasteiger partial charge in [0, 0.05) is 25.3 Å². The molecule has 1 aliphatic rings. The predicted molar refractivity (Wildman–Crippen MR) is 78.5 cm³/mol. The van der Waals surface area contributed by atoms with Crippen molar-refractivity contribution in [2.75, 3.05) is 0 Å². The van der Waals surface area contributed by atoms with Crippen LogP contribution in [0.25, 0.3) is 0 Å². The Balaban J connectivity index is 2.33. The third kappa shape index (κ3) is 3.62. The molecule has 1 heterocycles. The summed E-state index contributed by atoms with van der Waals surface area (Å²) in [5.74, 6) is 0.780. The minimum absolute atomic E-state index is 0.179. The van der Waals surface area contributed by atoms with Crippen LogP contribution in [0.2, 0.25) is 0 Å². The fourth-order valence-electron chi connectivity index (χ4n) is 2.60. The quantitative estimate of drug-likeness (QED) is 0.576. The molecule has 20 heavy (non-hydrogen) atoms. The number of ether oxygens (including phenoxy) is 1. The number of hydrogen-bond acceptors (Lipinski definition) is 3. The molecule has 2 rings (SSSR count). The summed E-state index contributed by atoms with van der Waals surface area (Å²) in [6, 6.07) is 0. The molecule has 1 aromatic rings. The first kappa shape index (κ1) is 14.6. The molecule has 0 aliphatic heterocycles. The van der Waals surface area contributed by atoms with Gasteiger partial charge in [-0.1, -0.05) is 17.2 Å². The molecule has 1 aromatic heterocycles. The van der Waals surface area contributed by atoms with Gasteiger partial charge in [-0.05, 0) is 38.8 Å². The molecule has 0 saturated heterocycles. The first-order chi connectivity index (χ1) is 9.45. The number of esters is 1. The Kier molecular flexibility index (Phi) is 4.48. The van der Waals surface area contributed by atoms with E-state index in [-0.39, 0.29) is 12.1 Å². The van der Waals surface area contributed by atoms with E-state index in [1.165, 1.54) is 29.2 Å². The van der Waals surface area contributed by atoms with Crippen molar-refractivity contribution in [2.24, 2.45) is 0 Å². The number of hydrogen-bond donors (Lipinski definition) is 0. The Morgan fingerprint density at radius 1 is 1.30 bits per heavy atom. The lowest BCUT2D eigenvalue weighted by Crippen LogP contribution is -2.15. The van der Waals surface area contributed by atoms with E-state index in [0.717, 1.165) is 25.0 Å². The summed E-state index contributed by atoms with van der Waals surface area (Å²) in [7, 11) is 0. The highest BCUT2D eigenvalue weighted by Crippen LogP contribution is 2.24. The SMILES string of the molecule is CC(=O)O[C@H]1C=C(C)Cc2occ(C)c2CC=C(C)C1. The van der Waals surface area contributed by atoms with Gasteiger partial charge < -0.3 is 9.15 Å². The number of carbonyl (C=O) groups is 1. The number of aryl methyl sites for hydroxylation is 1. The van der Waals surface area contributed by atoms with Gasteiger partial charge in [0.1, 0.15) is 11.9 Å². The Hall–Kier alpha value is -1.77. The Labute approximate surface area is 120 Å². The molecule has 0 aromatic carbocycles. The van der Waals surface area contributed by atoms with E-state index >= 15 is 0 Å². The standard InChI is InChI=1S/C17H22O3/c1-11-5-6-16-13(3)10-19-17(16)9-12(2)8-15(7-11)20-14(4)18/h5,8,10,15H,6-7,9H2,1-4H3/t15-/m1/s1. The third-order valence-electron chi connectivity index (χ3n) is 3.60. The maximum absolute atomic E-state index is 11.2. The summed E-state index contributed by atoms with van der Waals surface area (Å²) >= 11 is 0. The molecule has 1 atom stereocenters. The second-order valence-corrected chi connectivity index (χ2v) is 5.62. The summed E-state index contributed by atoms with van der Waals surface area (Å²) in [4.78, 5) is 11.2. The van der Waals surface area contributed by atoms with E-state index in [1.807, 2.05) is 12.3 Å². The van der Waals surface area contributed by atoms with Gasteiger partial charge in [-0.2, -0.15) is 0 Å². The minimum atomic E-state index is -0.238. The zero-order valence-electron chi connectivity index (χ0n) is 12.7. The van der Waals surface area contributed by atoms with E-state index in [0.29, 0.717) is 0 Å². The van der Waals surface area contributed by atoms with E-state index in [2.05, 4.69) is 26.8 Å². The minimum Gasteiger partial charge on any atom is -0.468 e. The molecule has 0 radical (unpaired) electrons. The van der Waals surface area contributed by atoms with Crippen molar-refractivity contribution < 1.29 is 13.9 Å². The normalized spacial score (nSPS) is 19.7. The lowest BCUT2D eigenvalue weighted by Gasteiger charge is -2.16. The van der Waals surface area contributed by atoms with E-state index in [1.54, 1.807) is 0 Å². The average molecular weight is 274 g/mol. The van der Waals surface area contributed by atoms with E-state index in [9.17, 15) is 4.79 Å². The molecule has 0 bridgehead atoms. The lowest BCUT2D eigenvalue weighted by molar-refractivity contribution is -0.144. The lowest BCUT2D eigenvalue weighted by atomic mass is 9.97. The fraction of sp³-hybridized carbons (Fsp3) is 0.471. The number of furan rings is 1. The first-order valence-electron chi connectivity index (χ1n) is 7.01. The fourth-order valence-corrected chi connectivity index (χ4v) is 2.60. The Morgan fingerprint density at radius 3 is 2.75 bits per heavy atom. The smallest absolute Gasteiger partial charge is 0.303 e. The van der Waals surface area contributed by atoms with Crippen molar-refractivity contribution in [1.82, 2.24) is 0 Å². The number of fused-ring (bicyclic) bond motifs is 1. The molecule has 3 nitrogen and oxygen atoms in total. The van der Waals surface area contributed by atoms with Crippen LogP contribution in [0.3, 0.4) is 0 Å². The predicted octanol–water partition coefficient (Wildman–Crippen LogP) is 3.90. The molecule has 108 valence electrons. The summed E-state index contributed by atoms with van der Waals surface area (Å²) < 4.78 is 11.0. The van der Waals surface area contributed by atoms with Gasteiger partial charge in [-0.3, -0.25) is 4.79 Å². The van der Waals surface area contributed by atoms with Crippen LogP contribution in [0.1, 0.15) is 44.1 Å². The molecule has 3 heteroatoms. The molecular formula is C17H22O3. The maximum Gasteiger partial charge on any atom is 0.303 e. The van der Waals surface area contributed by atoms with Crippen LogP contribution in [-0.2, 0) is 22.4 Å². The molecular weight excluding hydrogens is 252 g/mol. The van der Waals surface area contributed by atoms with Crippen molar-refractivity contribution in [3.8, 4) is 0 Å². The molecule has 0 unspecified atom stereocenters. The van der Waals surface area contributed by atoms with Crippen LogP contribution in [0, 0.1) is 6.92 Å². The van der Waals surface area contributed by atoms with Crippen molar-refractivity contribution in [3.63, 3.8) is 0 Å². The zero-order chi connectivity index (χ0) is 14.7. The highest BCUT2D eigenvalue weighted by Gasteiger charge is 2.16. The van der Waals surface area contributed by atoms with Crippen LogP contribution in [0.5, 0.6) is 0 Å². The largest absolute Gasteiger partial charge is 0.468 e. The van der Waals surface area contributed by atoms with Crippen molar-refractivity contribution in [1.29, 1.82) is 0 Å². The van der Waals surface area contributed by atoms with E-state index < -0.39 is 0 Å². The topological polar surface area (TPSA) is 39.4 Å². The number of allylic oxidation sites excluding steroid dienone is 2. The molecule has 0 saturated carbocycles. The highest BCUT2D eigenvalue weighted by molar-refractivity contribution is 5.66. The van der Waals surface area contributed by atoms with Gasteiger partial charge in [-0.15, -0.1) is 0 Å². The number of rotatable bonds is 1. The molecule has 0 spiro atoms. The summed E-state index contributed by atoms with van der Waals surface area (Å²) in [5.41, 5.74) is 4.88. The second kappa shape index (κ2) is 6.12. The van der Waals surface area contributed by atoms with Crippen LogP contribution in [-0.4, -0.2) is 12.1 Å². The second-order valence-electron chi connectivity index (χ2n) is 5.62. The van der Waals surface area contributed by atoms with Crippen molar-refractivity contribution in [2.45, 2.75) is 53.1 Å². The molecule has 1 aliphatic carbocycles. The number of carbonyl (C=O) groups excluding carboxylic acids is 1. The Bertz CT molecular complexity index is 561. The van der Waals surface area contributed by atoms with Gasteiger partial charge in [0.05, 0.1) is 6.26 Å². The summed E-state index contributed by atoms with van der Waals surface area (Å²) in [6.45, 7) is 7.67. The highest BCUT2D eigenvalue weighted by atomic mass is 16.5. The van der Waals surface area contributed by atoms with Gasteiger partial charge in [0.15, 0.2) is 0 Å². The summed E-state index contributed by atoms with van der Waals surface area (Å²) in [5, 5.41) is 0. The molecule has 0 fully saturated rings. The van der Waals surface area contributed by atoms with Crippen LogP contribution in [0.4, 0.5) is 0 Å². The monoisotopic (exact) mass is 274 g/mol. The van der Waals surface area contributed by atoms with Crippen LogP contribution in [0.15, 0.2) is 34.0 Å². The van der Waals surface area contributed by atoms with Gasteiger partial charge in [-0.25, -0.2) is 0 Å². The van der Waals surface area contributed by atoms with Gasteiger partial charge in [0.2, 0.25) is 0 Å². The third-order valence-corrected chi connectivity index (χ3v) is 3.60. The maximum atomic E-state index is 11.2. The van der Waals surface area contributed by atoms with Crippen LogP contribution < -0.4 is 0 Å². The Morgan fingerprint density at radius 2 is 2.05 bits per heavy atom. The van der Waals surface area contributed by atoms with Gasteiger partial charge >= 0.3 is 5.97 Å². The van der Waals surface area contributed by atoms with Crippen molar-refractivity contribution in [3.05, 3.63) is 46.4 Å². The zero-order valence-corrected chi connectivity index (χ0v) is 12.7. The average Bonchev–Trinajstić information content (AvgIpc) is 2.66. The molecule has 0 N–H and O–H groups in total.